The van der Waals surface area contributed by atoms with Crippen LogP contribution in [0.1, 0.15) is 15.9 Å². The summed E-state index contributed by atoms with van der Waals surface area (Å²) >= 11 is 0. The highest BCUT2D eigenvalue weighted by molar-refractivity contribution is 5.97. The zero-order valence-corrected chi connectivity index (χ0v) is 11.4. The van der Waals surface area contributed by atoms with Gasteiger partial charge in [-0.2, -0.15) is 0 Å². The Kier molecular flexibility index (Phi) is 3.23. The number of amides is 1. The molecule has 3 rings (SSSR count). The molecule has 1 heterocycles. The molecule has 0 atom stereocenters. The molecule has 1 aromatic heterocycles. The van der Waals surface area contributed by atoms with Gasteiger partial charge in [0.25, 0.3) is 5.91 Å². The minimum Gasteiger partial charge on any atom is -0.493 e. The molecule has 0 saturated heterocycles. The summed E-state index contributed by atoms with van der Waals surface area (Å²) < 4.78 is 0. The number of rotatable bonds is 2. The Bertz CT molecular complexity index is 835. The van der Waals surface area contributed by atoms with Crippen LogP contribution < -0.4 is 0 Å². The van der Waals surface area contributed by atoms with Crippen LogP contribution in [0.5, 0.6) is 5.88 Å². The fourth-order valence-corrected chi connectivity index (χ4v) is 2.17. The number of carbonyl (C=O) groups excluding carboxylic acids is 1. The first-order valence-electron chi connectivity index (χ1n) is 6.48. The first-order chi connectivity index (χ1) is 10.2. The van der Waals surface area contributed by atoms with Crippen LogP contribution in [-0.2, 0) is 0 Å². The Morgan fingerprint density at radius 2 is 1.86 bits per heavy atom. The highest BCUT2D eigenvalue weighted by Gasteiger charge is 2.12. The number of H-pyrrole nitrogens is 1. The minimum absolute atomic E-state index is 0.0936. The number of para-hydroxylation sites is 1. The Morgan fingerprint density at radius 1 is 1.10 bits per heavy atom. The lowest BCUT2D eigenvalue weighted by Gasteiger charge is -1.95. The zero-order valence-electron chi connectivity index (χ0n) is 11.4. The van der Waals surface area contributed by atoms with Crippen molar-refractivity contribution >= 4 is 22.5 Å². The largest absolute Gasteiger partial charge is 0.493 e. The standard InChI is InChI=1S/C16H13N3O2/c1-10-6-5-9-12-13(10)17-16(21)14(12)18-19-15(20)11-7-3-2-4-8-11/h2-9,17,21H,1H3. The highest BCUT2D eigenvalue weighted by atomic mass is 16.3. The molecule has 0 aliphatic carbocycles. The van der Waals surface area contributed by atoms with E-state index in [2.05, 4.69) is 15.2 Å². The van der Waals surface area contributed by atoms with E-state index in [1.165, 1.54) is 0 Å². The first kappa shape index (κ1) is 13.1. The highest BCUT2D eigenvalue weighted by Crippen LogP contribution is 2.36. The maximum Gasteiger partial charge on any atom is 0.295 e. The Labute approximate surface area is 121 Å². The van der Waals surface area contributed by atoms with Gasteiger partial charge in [0.1, 0.15) is 0 Å². The molecular formula is C16H13N3O2. The molecule has 1 amide bonds. The molecule has 5 nitrogen and oxygen atoms in total. The SMILES string of the molecule is Cc1cccc2c(N=NC(=O)c3ccccc3)c(O)[nH]c12. The molecule has 21 heavy (non-hydrogen) atoms. The van der Waals surface area contributed by atoms with Crippen molar-refractivity contribution in [1.82, 2.24) is 4.98 Å². The molecule has 0 spiro atoms. The number of aromatic nitrogens is 1. The molecule has 0 fully saturated rings. The number of aryl methyl sites for hydroxylation is 1. The number of aromatic hydroxyl groups is 1. The van der Waals surface area contributed by atoms with E-state index in [-0.39, 0.29) is 11.6 Å². The van der Waals surface area contributed by atoms with E-state index in [1.54, 1.807) is 24.3 Å². The second kappa shape index (κ2) is 5.20. The number of nitrogens with zero attached hydrogens (tertiary/aromatic N) is 2. The van der Waals surface area contributed by atoms with Gasteiger partial charge in [0, 0.05) is 10.9 Å². The van der Waals surface area contributed by atoms with Crippen molar-refractivity contribution in [3.8, 4) is 5.88 Å². The normalized spacial score (nSPS) is 11.3. The molecular weight excluding hydrogens is 266 g/mol. The molecule has 2 aromatic carbocycles. The van der Waals surface area contributed by atoms with Gasteiger partial charge in [0.15, 0.2) is 5.69 Å². The van der Waals surface area contributed by atoms with Crippen LogP contribution >= 0.6 is 0 Å². The number of hydrogen-bond donors (Lipinski definition) is 2. The van der Waals surface area contributed by atoms with Crippen LogP contribution in [0.2, 0.25) is 0 Å². The van der Waals surface area contributed by atoms with Gasteiger partial charge in [-0.1, -0.05) is 36.4 Å². The van der Waals surface area contributed by atoms with E-state index in [0.29, 0.717) is 5.56 Å². The van der Waals surface area contributed by atoms with Crippen LogP contribution in [0.25, 0.3) is 10.9 Å². The summed E-state index contributed by atoms with van der Waals surface area (Å²) in [5.74, 6) is -0.541. The average Bonchev–Trinajstić information content (AvgIpc) is 2.83. The summed E-state index contributed by atoms with van der Waals surface area (Å²) in [6.45, 7) is 1.92. The number of carbonyl (C=O) groups is 1. The van der Waals surface area contributed by atoms with Crippen LogP contribution in [0, 0.1) is 6.92 Å². The summed E-state index contributed by atoms with van der Waals surface area (Å²) in [5.41, 5.74) is 2.50. The van der Waals surface area contributed by atoms with Crippen molar-refractivity contribution in [1.29, 1.82) is 0 Å². The Morgan fingerprint density at radius 3 is 2.62 bits per heavy atom. The third kappa shape index (κ3) is 2.41. The molecule has 0 unspecified atom stereocenters. The van der Waals surface area contributed by atoms with Gasteiger partial charge in [-0.15, -0.1) is 10.2 Å². The molecule has 5 heteroatoms. The quantitative estimate of drug-likeness (QED) is 0.692. The van der Waals surface area contributed by atoms with Crippen LogP contribution in [0.3, 0.4) is 0 Å². The van der Waals surface area contributed by atoms with Gasteiger partial charge < -0.3 is 10.1 Å². The van der Waals surface area contributed by atoms with E-state index in [4.69, 9.17) is 0 Å². The van der Waals surface area contributed by atoms with Crippen molar-refractivity contribution < 1.29 is 9.90 Å². The van der Waals surface area contributed by atoms with Gasteiger partial charge in [-0.05, 0) is 24.6 Å². The lowest BCUT2D eigenvalue weighted by Crippen LogP contribution is -1.91. The number of fused-ring (bicyclic) bond motifs is 1. The van der Waals surface area contributed by atoms with Gasteiger partial charge in [0.05, 0.1) is 5.52 Å². The Hall–Kier alpha value is -2.95. The first-order valence-corrected chi connectivity index (χ1v) is 6.48. The molecule has 0 radical (unpaired) electrons. The van der Waals surface area contributed by atoms with Gasteiger partial charge in [-0.3, -0.25) is 4.79 Å². The van der Waals surface area contributed by atoms with Crippen LogP contribution in [0.15, 0.2) is 58.8 Å². The molecule has 0 bridgehead atoms. The van der Waals surface area contributed by atoms with E-state index in [1.807, 2.05) is 31.2 Å². The van der Waals surface area contributed by atoms with Crippen molar-refractivity contribution in [3.05, 3.63) is 59.7 Å². The maximum atomic E-state index is 11.9. The third-order valence-corrected chi connectivity index (χ3v) is 3.26. The van der Waals surface area contributed by atoms with Gasteiger partial charge in [-0.25, -0.2) is 0 Å². The summed E-state index contributed by atoms with van der Waals surface area (Å²) in [4.78, 5) is 14.8. The fourth-order valence-electron chi connectivity index (χ4n) is 2.17. The second-order valence-electron chi connectivity index (χ2n) is 4.69. The number of nitrogens with one attached hydrogen (secondary N) is 1. The number of aromatic amines is 1. The predicted octanol–water partition coefficient (Wildman–Crippen LogP) is 4.11. The lowest BCUT2D eigenvalue weighted by atomic mass is 10.1. The molecule has 104 valence electrons. The van der Waals surface area contributed by atoms with Crippen LogP contribution in [-0.4, -0.2) is 16.0 Å². The van der Waals surface area contributed by atoms with E-state index >= 15 is 0 Å². The summed E-state index contributed by atoms with van der Waals surface area (Å²) in [7, 11) is 0. The maximum absolute atomic E-state index is 11.9. The molecule has 0 aliphatic rings. The van der Waals surface area contributed by atoms with Crippen molar-refractivity contribution in [2.75, 3.05) is 0 Å². The Balaban J connectivity index is 1.99. The second-order valence-corrected chi connectivity index (χ2v) is 4.69. The molecule has 0 saturated carbocycles. The smallest absolute Gasteiger partial charge is 0.295 e. The van der Waals surface area contributed by atoms with E-state index in [0.717, 1.165) is 16.5 Å². The number of hydrogen-bond acceptors (Lipinski definition) is 3. The van der Waals surface area contributed by atoms with Crippen molar-refractivity contribution in [2.45, 2.75) is 6.92 Å². The van der Waals surface area contributed by atoms with Crippen molar-refractivity contribution in [3.63, 3.8) is 0 Å². The summed E-state index contributed by atoms with van der Waals surface area (Å²) in [6.07, 6.45) is 0. The minimum atomic E-state index is -0.447. The van der Waals surface area contributed by atoms with Gasteiger partial charge >= 0.3 is 0 Å². The monoisotopic (exact) mass is 279 g/mol. The number of azo groups is 1. The lowest BCUT2D eigenvalue weighted by molar-refractivity contribution is 0.0995. The average molecular weight is 279 g/mol. The van der Waals surface area contributed by atoms with Gasteiger partial charge in [0.2, 0.25) is 5.88 Å². The molecule has 3 aromatic rings. The fraction of sp³-hybridized carbons (Fsp3) is 0.0625. The number of benzene rings is 2. The summed E-state index contributed by atoms with van der Waals surface area (Å²) in [5, 5.41) is 18.2. The molecule has 2 N–H and O–H groups in total. The van der Waals surface area contributed by atoms with Crippen LogP contribution in [0.4, 0.5) is 5.69 Å². The third-order valence-electron chi connectivity index (χ3n) is 3.26. The van der Waals surface area contributed by atoms with E-state index in [9.17, 15) is 9.90 Å². The topological polar surface area (TPSA) is 77.8 Å². The van der Waals surface area contributed by atoms with Crippen molar-refractivity contribution in [2.24, 2.45) is 10.2 Å². The molecule has 0 aliphatic heterocycles. The predicted molar refractivity (Wildman–Crippen MR) is 80.0 cm³/mol. The van der Waals surface area contributed by atoms with E-state index < -0.39 is 5.91 Å². The summed E-state index contributed by atoms with van der Waals surface area (Å²) in [6, 6.07) is 14.3. The zero-order chi connectivity index (χ0) is 14.8.